The fraction of sp³-hybridized carbons (Fsp3) is 0.636. The van der Waals surface area contributed by atoms with Crippen molar-refractivity contribution in [3.8, 4) is 0 Å². The predicted molar refractivity (Wildman–Crippen MR) is 53.8 cm³/mol. The molecule has 1 aliphatic carbocycles. The van der Waals surface area contributed by atoms with Gasteiger partial charge in [0.1, 0.15) is 11.4 Å². The molecule has 0 saturated carbocycles. The smallest absolute Gasteiger partial charge is 0.138 e. The Morgan fingerprint density at radius 3 is 3.21 bits per heavy atom. The highest BCUT2D eigenvalue weighted by atomic mass is 16.4. The molecule has 0 radical (unpaired) electrons. The Morgan fingerprint density at radius 1 is 1.71 bits per heavy atom. The van der Waals surface area contributed by atoms with E-state index in [2.05, 4.69) is 6.92 Å². The van der Waals surface area contributed by atoms with Crippen molar-refractivity contribution in [2.24, 2.45) is 11.7 Å². The van der Waals surface area contributed by atoms with Crippen LogP contribution in [0.5, 0.6) is 0 Å². The van der Waals surface area contributed by atoms with Crippen molar-refractivity contribution >= 4 is 0 Å². The van der Waals surface area contributed by atoms with Gasteiger partial charge in [-0.1, -0.05) is 6.92 Å². The fourth-order valence-corrected chi connectivity index (χ4v) is 2.33. The Labute approximate surface area is 83.9 Å². The summed E-state index contributed by atoms with van der Waals surface area (Å²) in [5, 5.41) is 10.5. The molecule has 78 valence electrons. The normalized spacial score (nSPS) is 31.5. The Kier molecular flexibility index (Phi) is 2.37. The molecule has 0 bridgehead atoms. The van der Waals surface area contributed by atoms with E-state index in [-0.39, 0.29) is 5.92 Å². The van der Waals surface area contributed by atoms with E-state index in [0.717, 1.165) is 24.2 Å². The second-order valence-corrected chi connectivity index (χ2v) is 4.18. The lowest BCUT2D eigenvalue weighted by atomic mass is 9.74. The van der Waals surface area contributed by atoms with Crippen LogP contribution >= 0.6 is 0 Å². The summed E-state index contributed by atoms with van der Waals surface area (Å²) >= 11 is 0. The SMILES string of the molecule is CC1CCc2ccoc2C1(O)CCN. The zero-order valence-electron chi connectivity index (χ0n) is 8.49. The molecule has 2 atom stereocenters. The highest BCUT2D eigenvalue weighted by Crippen LogP contribution is 2.42. The summed E-state index contributed by atoms with van der Waals surface area (Å²) in [6.45, 7) is 2.54. The lowest BCUT2D eigenvalue weighted by Gasteiger charge is -2.36. The Hall–Kier alpha value is -0.800. The van der Waals surface area contributed by atoms with E-state index in [9.17, 15) is 5.11 Å². The zero-order chi connectivity index (χ0) is 10.2. The monoisotopic (exact) mass is 195 g/mol. The Morgan fingerprint density at radius 2 is 2.50 bits per heavy atom. The van der Waals surface area contributed by atoms with Crippen LogP contribution in [0.2, 0.25) is 0 Å². The van der Waals surface area contributed by atoms with Crippen LogP contribution in [0.4, 0.5) is 0 Å². The molecule has 1 aliphatic rings. The van der Waals surface area contributed by atoms with Crippen molar-refractivity contribution in [3.63, 3.8) is 0 Å². The first-order valence-electron chi connectivity index (χ1n) is 5.18. The zero-order valence-corrected chi connectivity index (χ0v) is 8.49. The van der Waals surface area contributed by atoms with Gasteiger partial charge in [-0.05, 0) is 43.4 Å². The molecule has 0 aromatic carbocycles. The van der Waals surface area contributed by atoms with Crippen molar-refractivity contribution in [1.29, 1.82) is 0 Å². The summed E-state index contributed by atoms with van der Waals surface area (Å²) in [7, 11) is 0. The molecule has 1 aromatic heterocycles. The highest BCUT2D eigenvalue weighted by molar-refractivity contribution is 5.27. The summed E-state index contributed by atoms with van der Waals surface area (Å²) in [5.74, 6) is 0.964. The largest absolute Gasteiger partial charge is 0.466 e. The van der Waals surface area contributed by atoms with Gasteiger partial charge in [-0.3, -0.25) is 0 Å². The van der Waals surface area contributed by atoms with Gasteiger partial charge in [0.25, 0.3) is 0 Å². The molecule has 3 N–H and O–H groups in total. The summed E-state index contributed by atoms with van der Waals surface area (Å²) in [5.41, 5.74) is 5.83. The quantitative estimate of drug-likeness (QED) is 0.750. The van der Waals surface area contributed by atoms with Gasteiger partial charge in [0, 0.05) is 0 Å². The van der Waals surface area contributed by atoms with Crippen molar-refractivity contribution in [2.45, 2.75) is 31.8 Å². The average molecular weight is 195 g/mol. The van der Waals surface area contributed by atoms with Crippen LogP contribution in [0.15, 0.2) is 16.7 Å². The van der Waals surface area contributed by atoms with Gasteiger partial charge in [0.2, 0.25) is 0 Å². The number of fused-ring (bicyclic) bond motifs is 1. The van der Waals surface area contributed by atoms with E-state index < -0.39 is 5.60 Å². The molecule has 2 unspecified atom stereocenters. The molecule has 3 nitrogen and oxygen atoms in total. The maximum atomic E-state index is 10.5. The van der Waals surface area contributed by atoms with Crippen molar-refractivity contribution in [2.75, 3.05) is 6.54 Å². The number of furan rings is 1. The number of hydrogen-bond donors (Lipinski definition) is 2. The van der Waals surface area contributed by atoms with Crippen molar-refractivity contribution in [3.05, 3.63) is 23.7 Å². The number of nitrogens with two attached hydrogens (primary N) is 1. The third-order valence-corrected chi connectivity index (χ3v) is 3.33. The minimum absolute atomic E-state index is 0.227. The molecule has 0 aliphatic heterocycles. The number of aliphatic hydroxyl groups is 1. The van der Waals surface area contributed by atoms with Gasteiger partial charge in [-0.2, -0.15) is 0 Å². The van der Waals surface area contributed by atoms with E-state index in [4.69, 9.17) is 10.2 Å². The van der Waals surface area contributed by atoms with Crippen LogP contribution < -0.4 is 5.73 Å². The summed E-state index contributed by atoms with van der Waals surface area (Å²) in [6, 6.07) is 1.95. The van der Waals surface area contributed by atoms with Gasteiger partial charge in [-0.15, -0.1) is 0 Å². The van der Waals surface area contributed by atoms with Gasteiger partial charge in [-0.25, -0.2) is 0 Å². The third-order valence-electron chi connectivity index (χ3n) is 3.33. The number of aryl methyl sites for hydroxylation is 1. The van der Waals surface area contributed by atoms with Gasteiger partial charge in [0.05, 0.1) is 6.26 Å². The maximum absolute atomic E-state index is 10.5. The van der Waals surface area contributed by atoms with Crippen LogP contribution in [0.3, 0.4) is 0 Å². The minimum Gasteiger partial charge on any atom is -0.466 e. The molecule has 0 fully saturated rings. The molecule has 2 rings (SSSR count). The molecule has 1 heterocycles. The molecule has 0 saturated heterocycles. The van der Waals surface area contributed by atoms with Crippen LogP contribution in [-0.2, 0) is 12.0 Å². The van der Waals surface area contributed by atoms with E-state index in [1.54, 1.807) is 6.26 Å². The van der Waals surface area contributed by atoms with E-state index in [1.807, 2.05) is 6.07 Å². The number of rotatable bonds is 2. The van der Waals surface area contributed by atoms with Crippen LogP contribution in [0.25, 0.3) is 0 Å². The summed E-state index contributed by atoms with van der Waals surface area (Å²) in [6.07, 6.45) is 4.24. The minimum atomic E-state index is -0.841. The second-order valence-electron chi connectivity index (χ2n) is 4.18. The molecular weight excluding hydrogens is 178 g/mol. The molecule has 0 amide bonds. The Bertz CT molecular complexity index is 321. The third kappa shape index (κ3) is 1.28. The predicted octanol–water partition coefficient (Wildman–Crippen LogP) is 1.40. The van der Waals surface area contributed by atoms with Gasteiger partial charge >= 0.3 is 0 Å². The van der Waals surface area contributed by atoms with E-state index in [0.29, 0.717) is 13.0 Å². The lowest BCUT2D eigenvalue weighted by molar-refractivity contribution is -0.0518. The van der Waals surface area contributed by atoms with Crippen LogP contribution in [0.1, 0.15) is 31.1 Å². The van der Waals surface area contributed by atoms with Gasteiger partial charge < -0.3 is 15.3 Å². The summed E-state index contributed by atoms with van der Waals surface area (Å²) in [4.78, 5) is 0. The van der Waals surface area contributed by atoms with Crippen molar-refractivity contribution in [1.82, 2.24) is 0 Å². The molecule has 1 aromatic rings. The molecule has 0 spiro atoms. The average Bonchev–Trinajstić information content (AvgIpc) is 2.61. The van der Waals surface area contributed by atoms with Crippen LogP contribution in [0, 0.1) is 5.92 Å². The lowest BCUT2D eigenvalue weighted by Crippen LogP contribution is -2.39. The topological polar surface area (TPSA) is 59.4 Å². The molecule has 14 heavy (non-hydrogen) atoms. The first kappa shape index (κ1) is 9.74. The standard InChI is InChI=1S/C11H17NO2/c1-8-2-3-9-4-7-14-10(9)11(8,13)5-6-12/h4,7-8,13H,2-3,5-6,12H2,1H3. The van der Waals surface area contributed by atoms with E-state index in [1.165, 1.54) is 0 Å². The van der Waals surface area contributed by atoms with Gasteiger partial charge in [0.15, 0.2) is 0 Å². The maximum Gasteiger partial charge on any atom is 0.138 e. The van der Waals surface area contributed by atoms with Crippen LogP contribution in [-0.4, -0.2) is 11.7 Å². The summed E-state index contributed by atoms with van der Waals surface area (Å²) < 4.78 is 5.39. The first-order valence-corrected chi connectivity index (χ1v) is 5.18. The van der Waals surface area contributed by atoms with Crippen molar-refractivity contribution < 1.29 is 9.52 Å². The van der Waals surface area contributed by atoms with E-state index >= 15 is 0 Å². The molecular formula is C11H17NO2. The Balaban J connectivity index is 2.40. The molecule has 3 heteroatoms. The second kappa shape index (κ2) is 3.41. The first-order chi connectivity index (χ1) is 6.68. The fourth-order valence-electron chi connectivity index (χ4n) is 2.33. The highest BCUT2D eigenvalue weighted by Gasteiger charge is 2.42. The number of hydrogen-bond acceptors (Lipinski definition) is 3.